The lowest BCUT2D eigenvalue weighted by atomic mass is 9.70. The SMILES string of the molecule is C[C@H](NC(=O)OC(C)(C)C)C(=O)N1CC[C@H]2O[C@H]3c4ccccc4OC(C)(C)[C@@H]3C[C@H]2C1. The highest BCUT2D eigenvalue weighted by atomic mass is 16.6. The lowest BCUT2D eigenvalue weighted by Crippen LogP contribution is -2.57. The summed E-state index contributed by atoms with van der Waals surface area (Å²) in [7, 11) is 0. The maximum Gasteiger partial charge on any atom is 0.408 e. The molecule has 7 heteroatoms. The summed E-state index contributed by atoms with van der Waals surface area (Å²) in [6.45, 7) is 12.6. The number of likely N-dealkylation sites (tertiary alicyclic amines) is 1. The summed E-state index contributed by atoms with van der Waals surface area (Å²) in [5.41, 5.74) is 0.181. The molecule has 1 aromatic rings. The van der Waals surface area contributed by atoms with Gasteiger partial charge in [-0.25, -0.2) is 4.79 Å². The second-order valence-electron chi connectivity index (χ2n) is 10.9. The van der Waals surface area contributed by atoms with Crippen LogP contribution in [0.15, 0.2) is 24.3 Å². The van der Waals surface area contributed by atoms with Crippen LogP contribution in [0.1, 0.15) is 66.1 Å². The van der Waals surface area contributed by atoms with Crippen molar-refractivity contribution >= 4 is 12.0 Å². The van der Waals surface area contributed by atoms with E-state index in [1.165, 1.54) is 0 Å². The number of carbonyl (C=O) groups excluding carboxylic acids is 2. The average molecular weight is 445 g/mol. The van der Waals surface area contributed by atoms with Gasteiger partial charge in [-0.2, -0.15) is 0 Å². The Morgan fingerprint density at radius 3 is 2.69 bits per heavy atom. The Morgan fingerprint density at radius 1 is 1.25 bits per heavy atom. The molecule has 2 fully saturated rings. The van der Waals surface area contributed by atoms with Crippen molar-refractivity contribution in [2.45, 2.75) is 83.8 Å². The number of hydrogen-bond donors (Lipinski definition) is 1. The number of benzene rings is 1. The third kappa shape index (κ3) is 4.58. The van der Waals surface area contributed by atoms with Crippen molar-refractivity contribution in [3.63, 3.8) is 0 Å². The number of carbonyl (C=O) groups is 2. The van der Waals surface area contributed by atoms with Crippen LogP contribution < -0.4 is 10.1 Å². The topological polar surface area (TPSA) is 77.1 Å². The molecule has 1 aromatic carbocycles. The van der Waals surface area contributed by atoms with Crippen LogP contribution in [0.4, 0.5) is 4.79 Å². The van der Waals surface area contributed by atoms with E-state index in [-0.39, 0.29) is 35.6 Å². The summed E-state index contributed by atoms with van der Waals surface area (Å²) >= 11 is 0. The Balaban J connectivity index is 1.42. The Bertz CT molecular complexity index is 877. The number of hydrogen-bond acceptors (Lipinski definition) is 5. The van der Waals surface area contributed by atoms with Crippen molar-refractivity contribution in [2.75, 3.05) is 13.1 Å². The smallest absolute Gasteiger partial charge is 0.408 e. The van der Waals surface area contributed by atoms with E-state index in [0.29, 0.717) is 13.1 Å². The number of amides is 2. The molecule has 3 heterocycles. The first-order valence-electron chi connectivity index (χ1n) is 11.7. The van der Waals surface area contributed by atoms with Crippen LogP contribution in [0.5, 0.6) is 5.75 Å². The van der Waals surface area contributed by atoms with Gasteiger partial charge in [-0.1, -0.05) is 18.2 Å². The number of nitrogens with one attached hydrogen (secondary N) is 1. The number of ether oxygens (including phenoxy) is 3. The second-order valence-corrected chi connectivity index (χ2v) is 10.9. The maximum atomic E-state index is 13.0. The van der Waals surface area contributed by atoms with Gasteiger partial charge < -0.3 is 24.4 Å². The fourth-order valence-electron chi connectivity index (χ4n) is 5.28. The molecular weight excluding hydrogens is 408 g/mol. The normalized spacial score (nSPS) is 29.5. The third-order valence-electron chi connectivity index (χ3n) is 6.81. The summed E-state index contributed by atoms with van der Waals surface area (Å²) in [5.74, 6) is 1.29. The summed E-state index contributed by atoms with van der Waals surface area (Å²) in [6, 6.07) is 7.51. The quantitative estimate of drug-likeness (QED) is 0.744. The Hall–Kier alpha value is -2.28. The van der Waals surface area contributed by atoms with Gasteiger partial charge in [-0.3, -0.25) is 4.79 Å². The molecule has 1 N–H and O–H groups in total. The zero-order valence-electron chi connectivity index (χ0n) is 20.0. The molecule has 2 saturated heterocycles. The first-order valence-corrected chi connectivity index (χ1v) is 11.7. The van der Waals surface area contributed by atoms with E-state index >= 15 is 0 Å². The van der Waals surface area contributed by atoms with Gasteiger partial charge in [0.2, 0.25) is 5.91 Å². The van der Waals surface area contributed by atoms with Gasteiger partial charge in [-0.05, 0) is 60.5 Å². The first-order chi connectivity index (χ1) is 14.9. The van der Waals surface area contributed by atoms with E-state index in [1.807, 2.05) is 23.1 Å². The van der Waals surface area contributed by atoms with E-state index in [1.54, 1.807) is 27.7 Å². The molecule has 0 saturated carbocycles. The average Bonchev–Trinajstić information content (AvgIpc) is 2.70. The minimum Gasteiger partial charge on any atom is -0.487 e. The number of alkyl carbamates (subject to hydrolysis) is 1. The second kappa shape index (κ2) is 8.25. The first kappa shape index (κ1) is 22.9. The van der Waals surface area contributed by atoms with Crippen molar-refractivity contribution in [2.24, 2.45) is 11.8 Å². The molecular formula is C25H36N2O5. The standard InChI is InChI=1S/C25H36N2O5/c1-15(26-23(29)32-24(2,3)4)22(28)27-12-11-19-16(14-27)13-18-21(30-19)17-9-7-8-10-20(17)31-25(18,5)6/h7-10,15-16,18-19,21H,11-14H2,1-6H3,(H,26,29)/t15-,16-,18+,19+,21-/m0/s1. The minimum absolute atomic E-state index is 0.0196. The number of para-hydroxylation sites is 1. The summed E-state index contributed by atoms with van der Waals surface area (Å²) < 4.78 is 18.3. The van der Waals surface area contributed by atoms with Gasteiger partial charge in [0.1, 0.15) is 23.0 Å². The molecule has 32 heavy (non-hydrogen) atoms. The maximum absolute atomic E-state index is 13.0. The number of rotatable bonds is 2. The molecule has 0 bridgehead atoms. The summed E-state index contributed by atoms with van der Waals surface area (Å²) in [5, 5.41) is 2.67. The molecule has 176 valence electrons. The fraction of sp³-hybridized carbons (Fsp3) is 0.680. The highest BCUT2D eigenvalue weighted by Crippen LogP contribution is 2.52. The molecule has 7 nitrogen and oxygen atoms in total. The molecule has 3 aliphatic heterocycles. The summed E-state index contributed by atoms with van der Waals surface area (Å²) in [6.07, 6.45) is 1.30. The van der Waals surface area contributed by atoms with Gasteiger partial charge in [0.15, 0.2) is 0 Å². The monoisotopic (exact) mass is 444 g/mol. The third-order valence-corrected chi connectivity index (χ3v) is 6.81. The predicted octanol–water partition coefficient (Wildman–Crippen LogP) is 4.07. The van der Waals surface area contributed by atoms with Crippen LogP contribution in [-0.2, 0) is 14.3 Å². The van der Waals surface area contributed by atoms with Crippen LogP contribution >= 0.6 is 0 Å². The number of nitrogens with zero attached hydrogens (tertiary/aromatic N) is 1. The van der Waals surface area contributed by atoms with Crippen molar-refractivity contribution in [3.05, 3.63) is 29.8 Å². The number of fused-ring (bicyclic) bond motifs is 4. The molecule has 0 aromatic heterocycles. The predicted molar refractivity (Wildman–Crippen MR) is 120 cm³/mol. The Kier molecular flexibility index (Phi) is 5.90. The Morgan fingerprint density at radius 2 is 1.97 bits per heavy atom. The fourth-order valence-corrected chi connectivity index (χ4v) is 5.28. The zero-order valence-corrected chi connectivity index (χ0v) is 20.0. The van der Waals surface area contributed by atoms with Gasteiger partial charge in [-0.15, -0.1) is 0 Å². The Labute approximate surface area is 190 Å². The molecule has 5 atom stereocenters. The highest BCUT2D eigenvalue weighted by molar-refractivity contribution is 5.85. The van der Waals surface area contributed by atoms with Crippen molar-refractivity contribution in [3.8, 4) is 5.75 Å². The van der Waals surface area contributed by atoms with Crippen LogP contribution in [0, 0.1) is 11.8 Å². The van der Waals surface area contributed by atoms with E-state index in [0.717, 1.165) is 24.2 Å². The zero-order chi connectivity index (χ0) is 23.3. The minimum atomic E-state index is -0.639. The van der Waals surface area contributed by atoms with Crippen molar-refractivity contribution in [1.29, 1.82) is 0 Å². The van der Waals surface area contributed by atoms with Gasteiger partial charge in [0.05, 0.1) is 12.2 Å². The molecule has 2 amide bonds. The largest absolute Gasteiger partial charge is 0.487 e. The van der Waals surface area contributed by atoms with Gasteiger partial charge in [0, 0.05) is 30.5 Å². The number of piperidine rings is 1. The van der Waals surface area contributed by atoms with E-state index < -0.39 is 17.7 Å². The molecule has 4 rings (SSSR count). The van der Waals surface area contributed by atoms with Crippen molar-refractivity contribution in [1.82, 2.24) is 10.2 Å². The van der Waals surface area contributed by atoms with Gasteiger partial charge in [0.25, 0.3) is 0 Å². The van der Waals surface area contributed by atoms with E-state index in [9.17, 15) is 9.59 Å². The summed E-state index contributed by atoms with van der Waals surface area (Å²) in [4.78, 5) is 27.0. The molecule has 3 aliphatic rings. The van der Waals surface area contributed by atoms with Gasteiger partial charge >= 0.3 is 6.09 Å². The van der Waals surface area contributed by atoms with Crippen molar-refractivity contribution < 1.29 is 23.8 Å². The highest BCUT2D eigenvalue weighted by Gasteiger charge is 2.51. The van der Waals surface area contributed by atoms with Crippen LogP contribution in [0.3, 0.4) is 0 Å². The lowest BCUT2D eigenvalue weighted by Gasteiger charge is -2.53. The lowest BCUT2D eigenvalue weighted by molar-refractivity contribution is -0.189. The van der Waals surface area contributed by atoms with Crippen LogP contribution in [-0.4, -0.2) is 53.3 Å². The van der Waals surface area contributed by atoms with E-state index in [4.69, 9.17) is 14.2 Å². The van der Waals surface area contributed by atoms with E-state index in [2.05, 4.69) is 25.2 Å². The van der Waals surface area contributed by atoms with Crippen LogP contribution in [0.2, 0.25) is 0 Å². The molecule has 0 aliphatic carbocycles. The molecule has 0 radical (unpaired) electrons. The van der Waals surface area contributed by atoms with Crippen LogP contribution in [0.25, 0.3) is 0 Å². The molecule has 0 unspecified atom stereocenters. The molecule has 0 spiro atoms.